The predicted octanol–water partition coefficient (Wildman–Crippen LogP) is 2.30. The molecule has 0 saturated carbocycles. The number of carbonyl (C=O) groups excluding carboxylic acids is 3. The summed E-state index contributed by atoms with van der Waals surface area (Å²) in [5, 5.41) is 10.6. The maximum atomic E-state index is 12.2. The van der Waals surface area contributed by atoms with Crippen molar-refractivity contribution in [3.05, 3.63) is 45.2 Å². The lowest BCUT2D eigenvalue weighted by Crippen LogP contribution is -2.33. The van der Waals surface area contributed by atoms with Crippen LogP contribution in [-0.4, -0.2) is 43.9 Å². The molecule has 0 atom stereocenters. The number of hydrogen-bond donors (Lipinski definition) is 2. The van der Waals surface area contributed by atoms with Gasteiger partial charge in [0.05, 0.1) is 9.81 Å². The molecule has 0 spiro atoms. The second-order valence-corrected chi connectivity index (χ2v) is 7.87. The van der Waals surface area contributed by atoms with Gasteiger partial charge in [0.25, 0.3) is 17.1 Å². The summed E-state index contributed by atoms with van der Waals surface area (Å²) >= 11 is 6.93. The number of carboxylic acid groups (broad SMARTS) is 1. The van der Waals surface area contributed by atoms with Gasteiger partial charge in [-0.05, 0) is 35.0 Å². The van der Waals surface area contributed by atoms with E-state index in [0.29, 0.717) is 9.81 Å². The van der Waals surface area contributed by atoms with Gasteiger partial charge in [0.2, 0.25) is 0 Å². The molecule has 26 heavy (non-hydrogen) atoms. The fourth-order valence-corrected chi connectivity index (χ4v) is 4.12. The Morgan fingerprint density at radius 1 is 1.08 bits per heavy atom. The predicted molar refractivity (Wildman–Crippen MR) is 103 cm³/mol. The molecule has 2 heterocycles. The second kappa shape index (κ2) is 7.44. The number of nitrogens with zero attached hydrogens (tertiary/aromatic N) is 1. The number of amides is 3. The summed E-state index contributed by atoms with van der Waals surface area (Å²) in [6.07, 6.45) is 3.22. The highest BCUT2D eigenvalue weighted by Crippen LogP contribution is 2.32. The minimum Gasteiger partial charge on any atom is -0.480 e. The van der Waals surface area contributed by atoms with Gasteiger partial charge in [0.15, 0.2) is 0 Å². The summed E-state index contributed by atoms with van der Waals surface area (Å²) in [6.45, 7) is -0.465. The highest BCUT2D eigenvalue weighted by molar-refractivity contribution is 8.26. The first-order valence-corrected chi connectivity index (χ1v) is 9.20. The Bertz CT molecular complexity index is 905. The van der Waals surface area contributed by atoms with Crippen LogP contribution >= 0.6 is 35.7 Å². The topological polar surface area (TPSA) is 104 Å². The molecular formula is C16H10N2O5S3. The highest BCUT2D eigenvalue weighted by Gasteiger charge is 2.33. The van der Waals surface area contributed by atoms with Crippen molar-refractivity contribution in [3.63, 3.8) is 0 Å². The Morgan fingerprint density at radius 3 is 2.15 bits per heavy atom. The largest absolute Gasteiger partial charge is 0.480 e. The van der Waals surface area contributed by atoms with E-state index in [0.717, 1.165) is 39.6 Å². The van der Waals surface area contributed by atoms with E-state index in [9.17, 15) is 19.2 Å². The van der Waals surface area contributed by atoms with Crippen LogP contribution < -0.4 is 5.32 Å². The first kappa shape index (κ1) is 18.4. The highest BCUT2D eigenvalue weighted by atomic mass is 32.2. The SMILES string of the molecule is O=C(O)CN1C(=O)C(=Cc2ccc(C=C3SC(=O)NC3=O)cc2)SC1=S. The minimum atomic E-state index is -1.13. The number of carbonyl (C=O) groups is 4. The van der Waals surface area contributed by atoms with Crippen LogP contribution in [-0.2, 0) is 14.4 Å². The molecule has 0 aliphatic carbocycles. The number of hydrogen-bond acceptors (Lipinski definition) is 7. The van der Waals surface area contributed by atoms with Gasteiger partial charge in [-0.25, -0.2) is 0 Å². The summed E-state index contributed by atoms with van der Waals surface area (Å²) in [6, 6.07) is 6.98. The van der Waals surface area contributed by atoms with Gasteiger partial charge < -0.3 is 5.11 Å². The number of nitrogens with one attached hydrogen (secondary N) is 1. The molecule has 0 aromatic heterocycles. The zero-order chi connectivity index (χ0) is 18.8. The zero-order valence-electron chi connectivity index (χ0n) is 12.9. The monoisotopic (exact) mass is 406 g/mol. The number of carboxylic acids is 1. The van der Waals surface area contributed by atoms with Crippen molar-refractivity contribution in [1.82, 2.24) is 10.2 Å². The van der Waals surface area contributed by atoms with Crippen LogP contribution in [0.25, 0.3) is 12.2 Å². The Kier molecular flexibility index (Phi) is 5.25. The van der Waals surface area contributed by atoms with Crippen molar-refractivity contribution >= 4 is 75.2 Å². The Morgan fingerprint density at radius 2 is 1.65 bits per heavy atom. The average Bonchev–Trinajstić information content (AvgIpc) is 3.02. The molecule has 3 amide bonds. The molecule has 7 nitrogen and oxygen atoms in total. The van der Waals surface area contributed by atoms with E-state index in [1.54, 1.807) is 36.4 Å². The van der Waals surface area contributed by atoms with Gasteiger partial charge in [0, 0.05) is 0 Å². The standard InChI is InChI=1S/C16H10N2O5S3/c19-12(20)7-18-14(22)11(26-16(18)24)6-9-3-1-8(2-4-9)5-10-13(21)17-15(23)25-10/h1-6H,7H2,(H,19,20)(H,17,21,23). The molecule has 2 aliphatic heterocycles. The summed E-state index contributed by atoms with van der Waals surface area (Å²) in [7, 11) is 0. The molecule has 10 heteroatoms. The van der Waals surface area contributed by atoms with Crippen LogP contribution in [0.1, 0.15) is 11.1 Å². The van der Waals surface area contributed by atoms with Crippen LogP contribution in [0.4, 0.5) is 4.79 Å². The van der Waals surface area contributed by atoms with Crippen molar-refractivity contribution in [2.75, 3.05) is 6.54 Å². The molecule has 3 rings (SSSR count). The van der Waals surface area contributed by atoms with Crippen molar-refractivity contribution in [1.29, 1.82) is 0 Å². The summed E-state index contributed by atoms with van der Waals surface area (Å²) < 4.78 is 0.207. The lowest BCUT2D eigenvalue weighted by molar-refractivity contribution is -0.140. The first-order valence-electron chi connectivity index (χ1n) is 7.15. The molecule has 132 valence electrons. The van der Waals surface area contributed by atoms with Crippen molar-refractivity contribution in [2.24, 2.45) is 0 Å². The fourth-order valence-electron chi connectivity index (χ4n) is 2.18. The number of imide groups is 1. The molecule has 2 fully saturated rings. The lowest BCUT2D eigenvalue weighted by atomic mass is 10.1. The Balaban J connectivity index is 1.76. The summed E-state index contributed by atoms with van der Waals surface area (Å²) in [5.41, 5.74) is 1.45. The number of thioether (sulfide) groups is 2. The number of benzene rings is 1. The molecule has 2 aliphatic rings. The van der Waals surface area contributed by atoms with Crippen LogP contribution in [0.2, 0.25) is 0 Å². The van der Waals surface area contributed by atoms with Crippen LogP contribution in [0.15, 0.2) is 34.1 Å². The quantitative estimate of drug-likeness (QED) is 0.580. The first-order chi connectivity index (χ1) is 12.3. The molecule has 1 aromatic carbocycles. The zero-order valence-corrected chi connectivity index (χ0v) is 15.4. The van der Waals surface area contributed by atoms with Crippen LogP contribution in [0.3, 0.4) is 0 Å². The molecule has 2 saturated heterocycles. The third kappa shape index (κ3) is 4.03. The average molecular weight is 406 g/mol. The summed E-state index contributed by atoms with van der Waals surface area (Å²) in [5.74, 6) is -2.00. The van der Waals surface area contributed by atoms with E-state index in [1.165, 1.54) is 0 Å². The smallest absolute Gasteiger partial charge is 0.323 e. The maximum absolute atomic E-state index is 12.2. The maximum Gasteiger partial charge on any atom is 0.323 e. The van der Waals surface area contributed by atoms with Crippen molar-refractivity contribution < 1.29 is 24.3 Å². The molecular weight excluding hydrogens is 396 g/mol. The lowest BCUT2D eigenvalue weighted by Gasteiger charge is -2.10. The van der Waals surface area contributed by atoms with E-state index < -0.39 is 29.6 Å². The third-order valence-electron chi connectivity index (χ3n) is 3.34. The van der Waals surface area contributed by atoms with Crippen LogP contribution in [0, 0.1) is 0 Å². The number of rotatable bonds is 4. The number of aliphatic carboxylic acids is 1. The van der Waals surface area contributed by atoms with Crippen LogP contribution in [0.5, 0.6) is 0 Å². The molecule has 2 N–H and O–H groups in total. The van der Waals surface area contributed by atoms with E-state index in [1.807, 2.05) is 0 Å². The van der Waals surface area contributed by atoms with E-state index in [2.05, 4.69) is 5.32 Å². The molecule has 0 bridgehead atoms. The van der Waals surface area contributed by atoms with E-state index >= 15 is 0 Å². The Hall–Kier alpha value is -2.43. The van der Waals surface area contributed by atoms with Gasteiger partial charge in [-0.2, -0.15) is 0 Å². The van der Waals surface area contributed by atoms with Gasteiger partial charge in [-0.1, -0.05) is 48.2 Å². The van der Waals surface area contributed by atoms with E-state index in [4.69, 9.17) is 17.3 Å². The van der Waals surface area contributed by atoms with E-state index in [-0.39, 0.29) is 4.32 Å². The molecule has 1 aromatic rings. The second-order valence-electron chi connectivity index (χ2n) is 5.18. The third-order valence-corrected chi connectivity index (χ3v) is 5.53. The molecule has 0 unspecified atom stereocenters. The Labute approximate surface area is 161 Å². The summed E-state index contributed by atoms with van der Waals surface area (Å²) in [4.78, 5) is 47.4. The number of thiocarbonyl (C=S) groups is 1. The van der Waals surface area contributed by atoms with Gasteiger partial charge >= 0.3 is 5.97 Å². The minimum absolute atomic E-state index is 0.207. The van der Waals surface area contributed by atoms with Gasteiger partial charge in [-0.3, -0.25) is 29.4 Å². The molecule has 0 radical (unpaired) electrons. The normalized spacial score (nSPS) is 20.4. The fraction of sp³-hybridized carbons (Fsp3) is 0.0625. The van der Waals surface area contributed by atoms with Crippen molar-refractivity contribution in [3.8, 4) is 0 Å². The van der Waals surface area contributed by atoms with Crippen molar-refractivity contribution in [2.45, 2.75) is 0 Å². The van der Waals surface area contributed by atoms with Gasteiger partial charge in [-0.15, -0.1) is 0 Å². The van der Waals surface area contributed by atoms with Gasteiger partial charge in [0.1, 0.15) is 10.9 Å².